The Hall–Kier alpha value is -0.400. The van der Waals surface area contributed by atoms with Crippen LogP contribution in [0.3, 0.4) is 0 Å². The topological polar surface area (TPSA) is 46.3 Å². The smallest absolute Gasteiger partial charge is 0.255 e. The fourth-order valence-corrected chi connectivity index (χ4v) is 2.66. The molecule has 1 heterocycles. The summed E-state index contributed by atoms with van der Waals surface area (Å²) in [7, 11) is 0. The van der Waals surface area contributed by atoms with E-state index in [1.54, 1.807) is 4.90 Å². The highest BCUT2D eigenvalue weighted by Crippen LogP contribution is 2.24. The van der Waals surface area contributed by atoms with Crippen LogP contribution in [0.5, 0.6) is 0 Å². The van der Waals surface area contributed by atoms with Crippen LogP contribution in [0.15, 0.2) is 12.1 Å². The summed E-state index contributed by atoms with van der Waals surface area (Å²) in [5.41, 5.74) is 6.15. The number of likely N-dealkylation sites (tertiary alicyclic amines) is 1. The second kappa shape index (κ2) is 5.71. The fourth-order valence-electron chi connectivity index (χ4n) is 1.96. The molecule has 1 saturated heterocycles. The number of piperidine rings is 1. The number of carbonyl (C=O) groups is 1. The van der Waals surface area contributed by atoms with E-state index in [2.05, 4.69) is 0 Å². The number of halogens is 3. The zero-order valence-corrected chi connectivity index (χ0v) is 12.5. The Morgan fingerprint density at radius 3 is 2.67 bits per heavy atom. The van der Waals surface area contributed by atoms with Crippen LogP contribution >= 0.6 is 34.2 Å². The van der Waals surface area contributed by atoms with Crippen molar-refractivity contribution in [3.63, 3.8) is 0 Å². The first kappa shape index (κ1) is 14.0. The molecule has 0 spiro atoms. The van der Waals surface area contributed by atoms with Crippen LogP contribution in [0.4, 0.5) is 4.39 Å². The highest BCUT2D eigenvalue weighted by Gasteiger charge is 2.24. The van der Waals surface area contributed by atoms with Gasteiger partial charge < -0.3 is 10.6 Å². The number of nitrogens with zero attached hydrogens (tertiary/aromatic N) is 1. The number of carbonyl (C=O) groups excluding carboxylic acids is 1. The molecule has 1 aliphatic rings. The van der Waals surface area contributed by atoms with E-state index >= 15 is 0 Å². The Kier molecular flexibility index (Phi) is 4.45. The predicted octanol–water partition coefficient (Wildman–Crippen LogP) is 2.65. The third kappa shape index (κ3) is 2.95. The maximum atomic E-state index is 13.3. The molecule has 98 valence electrons. The summed E-state index contributed by atoms with van der Waals surface area (Å²) in [6, 6.07) is 2.85. The highest BCUT2D eigenvalue weighted by atomic mass is 127. The molecule has 0 saturated carbocycles. The molecule has 1 aliphatic heterocycles. The lowest BCUT2D eigenvalue weighted by Gasteiger charge is -2.30. The molecule has 0 aliphatic carbocycles. The summed E-state index contributed by atoms with van der Waals surface area (Å²) in [6.07, 6.45) is 1.59. The lowest BCUT2D eigenvalue weighted by molar-refractivity contribution is 0.0715. The number of benzene rings is 1. The largest absolute Gasteiger partial charge is 0.338 e. The summed E-state index contributed by atoms with van der Waals surface area (Å²) in [5.74, 6) is -0.553. The van der Waals surface area contributed by atoms with Gasteiger partial charge in [-0.15, -0.1) is 0 Å². The second-order valence-electron chi connectivity index (χ2n) is 4.38. The van der Waals surface area contributed by atoms with Gasteiger partial charge in [0.2, 0.25) is 0 Å². The summed E-state index contributed by atoms with van der Waals surface area (Å²) < 4.78 is 13.7. The van der Waals surface area contributed by atoms with Gasteiger partial charge in [-0.25, -0.2) is 4.39 Å². The average Bonchev–Trinajstić information content (AvgIpc) is 2.34. The van der Waals surface area contributed by atoms with E-state index in [0.717, 1.165) is 12.8 Å². The first-order valence-corrected chi connectivity index (χ1v) is 7.14. The standard InChI is InChI=1S/C12H13ClFIN2O/c13-9-6-10(14)11(15)5-8(9)12(18)17-3-1-7(16)2-4-17/h5-7H,1-4,16H2. The van der Waals surface area contributed by atoms with Crippen molar-refractivity contribution >= 4 is 40.1 Å². The highest BCUT2D eigenvalue weighted by molar-refractivity contribution is 14.1. The van der Waals surface area contributed by atoms with E-state index in [4.69, 9.17) is 17.3 Å². The van der Waals surface area contributed by atoms with Crippen molar-refractivity contribution in [1.82, 2.24) is 4.90 Å². The van der Waals surface area contributed by atoms with E-state index in [-0.39, 0.29) is 17.0 Å². The SMILES string of the molecule is NC1CCN(C(=O)c2cc(I)c(F)cc2Cl)CC1. The van der Waals surface area contributed by atoms with Crippen LogP contribution in [0, 0.1) is 9.39 Å². The molecule has 0 atom stereocenters. The molecular formula is C12H13ClFIN2O. The molecule has 0 radical (unpaired) electrons. The molecule has 0 aromatic heterocycles. The maximum Gasteiger partial charge on any atom is 0.255 e. The normalized spacial score (nSPS) is 17.0. The van der Waals surface area contributed by atoms with E-state index in [0.29, 0.717) is 22.2 Å². The molecule has 1 fully saturated rings. The van der Waals surface area contributed by atoms with Crippen LogP contribution in [0.2, 0.25) is 5.02 Å². The van der Waals surface area contributed by atoms with Crippen molar-refractivity contribution in [3.8, 4) is 0 Å². The van der Waals surface area contributed by atoms with Crippen molar-refractivity contribution in [1.29, 1.82) is 0 Å². The minimum atomic E-state index is -0.405. The number of nitrogens with two attached hydrogens (primary N) is 1. The lowest BCUT2D eigenvalue weighted by Crippen LogP contribution is -2.42. The van der Waals surface area contributed by atoms with Gasteiger partial charge in [0.05, 0.1) is 10.6 Å². The van der Waals surface area contributed by atoms with E-state index < -0.39 is 5.82 Å². The second-order valence-corrected chi connectivity index (χ2v) is 5.95. The Bertz CT molecular complexity index is 475. The van der Waals surface area contributed by atoms with Gasteiger partial charge in [0, 0.05) is 22.7 Å². The van der Waals surface area contributed by atoms with Gasteiger partial charge in [-0.2, -0.15) is 0 Å². The zero-order valence-electron chi connectivity index (χ0n) is 9.63. The van der Waals surface area contributed by atoms with Crippen molar-refractivity contribution in [2.75, 3.05) is 13.1 Å². The number of rotatable bonds is 1. The molecule has 1 aromatic rings. The van der Waals surface area contributed by atoms with E-state index in [1.807, 2.05) is 22.6 Å². The third-order valence-electron chi connectivity index (χ3n) is 3.07. The third-order valence-corrected chi connectivity index (χ3v) is 4.21. The van der Waals surface area contributed by atoms with Crippen molar-refractivity contribution in [2.24, 2.45) is 5.73 Å². The van der Waals surface area contributed by atoms with Gasteiger partial charge in [0.15, 0.2) is 0 Å². The average molecular weight is 383 g/mol. The molecule has 0 unspecified atom stereocenters. The van der Waals surface area contributed by atoms with Crippen LogP contribution < -0.4 is 5.73 Å². The first-order chi connectivity index (χ1) is 8.49. The summed E-state index contributed by atoms with van der Waals surface area (Å²) >= 11 is 7.78. The monoisotopic (exact) mass is 382 g/mol. The summed E-state index contributed by atoms with van der Waals surface area (Å²) in [6.45, 7) is 1.26. The maximum absolute atomic E-state index is 13.3. The van der Waals surface area contributed by atoms with Gasteiger partial charge in [0.25, 0.3) is 5.91 Å². The molecular weight excluding hydrogens is 370 g/mol. The Morgan fingerprint density at radius 1 is 1.44 bits per heavy atom. The molecule has 6 heteroatoms. The molecule has 2 rings (SSSR count). The summed E-state index contributed by atoms with van der Waals surface area (Å²) in [4.78, 5) is 14.0. The zero-order chi connectivity index (χ0) is 13.3. The van der Waals surface area contributed by atoms with Crippen molar-refractivity contribution in [2.45, 2.75) is 18.9 Å². The first-order valence-electron chi connectivity index (χ1n) is 5.68. The van der Waals surface area contributed by atoms with Gasteiger partial charge in [-0.3, -0.25) is 4.79 Å². The molecule has 2 N–H and O–H groups in total. The molecule has 3 nitrogen and oxygen atoms in total. The molecule has 0 bridgehead atoms. The van der Waals surface area contributed by atoms with E-state index in [9.17, 15) is 9.18 Å². The fraction of sp³-hybridized carbons (Fsp3) is 0.417. The van der Waals surface area contributed by atoms with Gasteiger partial charge in [0.1, 0.15) is 5.82 Å². The van der Waals surface area contributed by atoms with Crippen LogP contribution in [-0.2, 0) is 0 Å². The van der Waals surface area contributed by atoms with Crippen molar-refractivity contribution < 1.29 is 9.18 Å². The number of hydrogen-bond acceptors (Lipinski definition) is 2. The quantitative estimate of drug-likeness (QED) is 0.599. The number of amides is 1. The van der Waals surface area contributed by atoms with Crippen LogP contribution in [-0.4, -0.2) is 29.9 Å². The van der Waals surface area contributed by atoms with Crippen LogP contribution in [0.1, 0.15) is 23.2 Å². The van der Waals surface area contributed by atoms with Gasteiger partial charge in [-0.05, 0) is 47.6 Å². The Morgan fingerprint density at radius 2 is 2.06 bits per heavy atom. The van der Waals surface area contributed by atoms with Crippen LogP contribution in [0.25, 0.3) is 0 Å². The predicted molar refractivity (Wildman–Crippen MR) is 77.2 cm³/mol. The minimum absolute atomic E-state index is 0.148. The minimum Gasteiger partial charge on any atom is -0.338 e. The summed E-state index contributed by atoms with van der Waals surface area (Å²) in [5, 5.41) is 0.160. The van der Waals surface area contributed by atoms with Crippen molar-refractivity contribution in [3.05, 3.63) is 32.1 Å². The molecule has 1 aromatic carbocycles. The Balaban J connectivity index is 2.21. The molecule has 1 amide bonds. The molecule has 18 heavy (non-hydrogen) atoms. The lowest BCUT2D eigenvalue weighted by atomic mass is 10.0. The van der Waals surface area contributed by atoms with E-state index in [1.165, 1.54) is 12.1 Å². The Labute approximate surface area is 124 Å². The van der Waals surface area contributed by atoms with Gasteiger partial charge in [-0.1, -0.05) is 11.6 Å². The number of hydrogen-bond donors (Lipinski definition) is 1. The van der Waals surface area contributed by atoms with Gasteiger partial charge >= 0.3 is 0 Å².